The maximum Gasteiger partial charge on any atom is 0.335 e. The summed E-state index contributed by atoms with van der Waals surface area (Å²) in [5, 5.41) is 20.0. The van der Waals surface area contributed by atoms with Gasteiger partial charge in [-0.2, -0.15) is 0 Å². The Morgan fingerprint density at radius 1 is 1.29 bits per heavy atom. The Hall–Kier alpha value is -2.50. The van der Waals surface area contributed by atoms with Crippen LogP contribution in [0.4, 0.5) is 10.1 Å². The number of nitro groups is 1. The van der Waals surface area contributed by atoms with Crippen LogP contribution in [-0.2, 0) is 0 Å². The number of benzene rings is 2. The molecule has 0 amide bonds. The number of nitrogens with zero attached hydrogens (tertiary/aromatic N) is 1. The van der Waals surface area contributed by atoms with Crippen molar-refractivity contribution in [2.75, 3.05) is 0 Å². The summed E-state index contributed by atoms with van der Waals surface area (Å²) >= 11 is 0. The number of carbonyl (C=O) groups is 1. The van der Waals surface area contributed by atoms with Crippen LogP contribution in [0.25, 0.3) is 10.8 Å². The van der Waals surface area contributed by atoms with E-state index in [0.717, 1.165) is 18.2 Å². The first kappa shape index (κ1) is 11.0. The number of nitro benzene ring substituents is 1. The Kier molecular flexibility index (Phi) is 2.47. The van der Waals surface area contributed by atoms with Gasteiger partial charge in [0.05, 0.1) is 15.9 Å². The molecule has 0 aliphatic carbocycles. The van der Waals surface area contributed by atoms with Crippen molar-refractivity contribution in [2.24, 2.45) is 0 Å². The first-order valence-electron chi connectivity index (χ1n) is 4.60. The normalized spacial score (nSPS) is 10.4. The van der Waals surface area contributed by atoms with Crippen molar-refractivity contribution in [1.82, 2.24) is 0 Å². The Morgan fingerprint density at radius 3 is 2.59 bits per heavy atom. The van der Waals surface area contributed by atoms with E-state index in [1.807, 2.05) is 0 Å². The van der Waals surface area contributed by atoms with Crippen LogP contribution in [0, 0.1) is 15.9 Å². The van der Waals surface area contributed by atoms with Crippen molar-refractivity contribution in [3.63, 3.8) is 0 Å². The first-order valence-corrected chi connectivity index (χ1v) is 4.60. The van der Waals surface area contributed by atoms with E-state index in [9.17, 15) is 19.3 Å². The number of fused-ring (bicyclic) bond motifs is 1. The molecule has 17 heavy (non-hydrogen) atoms. The van der Waals surface area contributed by atoms with Gasteiger partial charge in [0.1, 0.15) is 5.82 Å². The van der Waals surface area contributed by atoms with Crippen LogP contribution in [-0.4, -0.2) is 16.0 Å². The summed E-state index contributed by atoms with van der Waals surface area (Å²) in [4.78, 5) is 20.9. The average Bonchev–Trinajstić information content (AvgIpc) is 2.27. The lowest BCUT2D eigenvalue weighted by Gasteiger charge is -2.02. The molecule has 0 spiro atoms. The van der Waals surface area contributed by atoms with Crippen molar-refractivity contribution in [1.29, 1.82) is 0 Å². The predicted octanol–water partition coefficient (Wildman–Crippen LogP) is 2.59. The van der Waals surface area contributed by atoms with Crippen LogP contribution < -0.4 is 0 Å². The predicted molar refractivity (Wildman–Crippen MR) is 57.5 cm³/mol. The van der Waals surface area contributed by atoms with Crippen LogP contribution in [0.2, 0.25) is 0 Å². The zero-order valence-electron chi connectivity index (χ0n) is 8.38. The number of aromatic carboxylic acids is 1. The summed E-state index contributed by atoms with van der Waals surface area (Å²) in [5.41, 5.74) is -0.616. The molecule has 0 unspecified atom stereocenters. The number of carboxylic acid groups (broad SMARTS) is 1. The third kappa shape index (κ3) is 1.92. The molecule has 0 saturated heterocycles. The summed E-state index contributed by atoms with van der Waals surface area (Å²) in [7, 11) is 0. The van der Waals surface area contributed by atoms with Crippen LogP contribution in [0.3, 0.4) is 0 Å². The number of hydrogen-bond acceptors (Lipinski definition) is 3. The number of rotatable bonds is 2. The van der Waals surface area contributed by atoms with Crippen LogP contribution >= 0.6 is 0 Å². The summed E-state index contributed by atoms with van der Waals surface area (Å²) in [6.07, 6.45) is 0. The van der Waals surface area contributed by atoms with E-state index in [-0.39, 0.29) is 10.9 Å². The summed E-state index contributed by atoms with van der Waals surface area (Å²) < 4.78 is 13.0. The second-order valence-corrected chi connectivity index (χ2v) is 3.42. The molecule has 1 N–H and O–H groups in total. The molecule has 0 aliphatic heterocycles. The minimum absolute atomic E-state index is 0.0833. The van der Waals surface area contributed by atoms with Crippen molar-refractivity contribution in [3.8, 4) is 0 Å². The van der Waals surface area contributed by atoms with E-state index in [0.29, 0.717) is 5.39 Å². The molecule has 0 bridgehead atoms. The fraction of sp³-hybridized carbons (Fsp3) is 0. The molecule has 0 heterocycles. The summed E-state index contributed by atoms with van der Waals surface area (Å²) in [5.74, 6) is -1.87. The molecule has 0 atom stereocenters. The first-order chi connectivity index (χ1) is 7.99. The Balaban J connectivity index is 2.86. The van der Waals surface area contributed by atoms with Crippen LogP contribution in [0.15, 0.2) is 30.3 Å². The van der Waals surface area contributed by atoms with Gasteiger partial charge in [0.25, 0.3) is 5.69 Å². The standard InChI is InChI=1S/C11H6FNO4/c12-8-2-1-6-3-7(11(14)15)4-10(13(16)17)9(6)5-8/h1-5H,(H,14,15). The lowest BCUT2D eigenvalue weighted by Crippen LogP contribution is -1.99. The number of carboxylic acids is 1. The van der Waals surface area contributed by atoms with Gasteiger partial charge in [-0.15, -0.1) is 0 Å². The lowest BCUT2D eigenvalue weighted by molar-refractivity contribution is -0.383. The van der Waals surface area contributed by atoms with Crippen molar-refractivity contribution in [3.05, 3.63) is 51.8 Å². The minimum Gasteiger partial charge on any atom is -0.478 e. The van der Waals surface area contributed by atoms with Gasteiger partial charge < -0.3 is 5.11 Å². The lowest BCUT2D eigenvalue weighted by atomic mass is 10.0. The van der Waals surface area contributed by atoms with Crippen molar-refractivity contribution in [2.45, 2.75) is 0 Å². The molecule has 86 valence electrons. The van der Waals surface area contributed by atoms with Gasteiger partial charge in [-0.3, -0.25) is 10.1 Å². The molecule has 2 rings (SSSR count). The highest BCUT2D eigenvalue weighted by Gasteiger charge is 2.17. The van der Waals surface area contributed by atoms with Crippen LogP contribution in [0.1, 0.15) is 10.4 Å². The van der Waals surface area contributed by atoms with Gasteiger partial charge >= 0.3 is 5.97 Å². The van der Waals surface area contributed by atoms with E-state index in [1.165, 1.54) is 12.1 Å². The van der Waals surface area contributed by atoms with Crippen molar-refractivity contribution < 1.29 is 19.2 Å². The van der Waals surface area contributed by atoms with Gasteiger partial charge in [-0.25, -0.2) is 9.18 Å². The van der Waals surface area contributed by atoms with Gasteiger partial charge in [0, 0.05) is 6.07 Å². The Labute approximate surface area is 94.3 Å². The molecule has 5 nitrogen and oxygen atoms in total. The second kappa shape index (κ2) is 3.82. The SMILES string of the molecule is O=C(O)c1cc([N+](=O)[O-])c2cc(F)ccc2c1. The zero-order chi connectivity index (χ0) is 12.6. The summed E-state index contributed by atoms with van der Waals surface area (Å²) in [6.45, 7) is 0. The molecule has 0 aliphatic rings. The van der Waals surface area contributed by atoms with Gasteiger partial charge in [0.2, 0.25) is 0 Å². The highest BCUT2D eigenvalue weighted by Crippen LogP contribution is 2.28. The van der Waals surface area contributed by atoms with Crippen molar-refractivity contribution >= 4 is 22.4 Å². The fourth-order valence-electron chi connectivity index (χ4n) is 1.58. The third-order valence-corrected chi connectivity index (χ3v) is 2.34. The Bertz CT molecular complexity index is 639. The molecule has 2 aromatic rings. The third-order valence-electron chi connectivity index (χ3n) is 2.34. The second-order valence-electron chi connectivity index (χ2n) is 3.42. The van der Waals surface area contributed by atoms with Crippen LogP contribution in [0.5, 0.6) is 0 Å². The fourth-order valence-corrected chi connectivity index (χ4v) is 1.58. The van der Waals surface area contributed by atoms with Gasteiger partial charge in [-0.05, 0) is 23.6 Å². The quantitative estimate of drug-likeness (QED) is 0.640. The molecular formula is C11H6FNO4. The van der Waals surface area contributed by atoms with E-state index in [2.05, 4.69) is 0 Å². The highest BCUT2D eigenvalue weighted by molar-refractivity contribution is 5.99. The smallest absolute Gasteiger partial charge is 0.335 e. The maximum atomic E-state index is 13.0. The monoisotopic (exact) mass is 235 g/mol. The van der Waals surface area contributed by atoms with Gasteiger partial charge in [0.15, 0.2) is 0 Å². The zero-order valence-corrected chi connectivity index (χ0v) is 8.38. The molecular weight excluding hydrogens is 229 g/mol. The van der Waals surface area contributed by atoms with E-state index in [1.54, 1.807) is 0 Å². The number of hydrogen-bond donors (Lipinski definition) is 1. The highest BCUT2D eigenvalue weighted by atomic mass is 19.1. The van der Waals surface area contributed by atoms with E-state index < -0.39 is 22.4 Å². The molecule has 0 saturated carbocycles. The maximum absolute atomic E-state index is 13.0. The molecule has 0 radical (unpaired) electrons. The number of non-ortho nitro benzene ring substituents is 1. The largest absolute Gasteiger partial charge is 0.478 e. The summed E-state index contributed by atoms with van der Waals surface area (Å²) in [6, 6.07) is 5.63. The van der Waals surface area contributed by atoms with E-state index >= 15 is 0 Å². The molecule has 2 aromatic carbocycles. The number of halogens is 1. The van der Waals surface area contributed by atoms with Gasteiger partial charge in [-0.1, -0.05) is 6.07 Å². The van der Waals surface area contributed by atoms with E-state index in [4.69, 9.17) is 5.11 Å². The topological polar surface area (TPSA) is 80.4 Å². The molecule has 6 heteroatoms. The minimum atomic E-state index is -1.26. The Morgan fingerprint density at radius 2 is 2.00 bits per heavy atom. The molecule has 0 fully saturated rings. The molecule has 0 aromatic heterocycles. The average molecular weight is 235 g/mol.